The van der Waals surface area contributed by atoms with Gasteiger partial charge >= 0.3 is 11.1 Å². The van der Waals surface area contributed by atoms with Crippen molar-refractivity contribution in [3.8, 4) is 22.7 Å². The Balaban J connectivity index is 1.96. The molecule has 10 heteroatoms. The average Bonchev–Trinajstić information content (AvgIpc) is 2.86. The highest BCUT2D eigenvalue weighted by atomic mass is 19.1. The highest BCUT2D eigenvalue weighted by Crippen LogP contribution is 2.35. The first-order valence-corrected chi connectivity index (χ1v) is 12.6. The van der Waals surface area contributed by atoms with Gasteiger partial charge in [0.05, 0.1) is 22.5 Å². The van der Waals surface area contributed by atoms with E-state index in [2.05, 4.69) is 15.3 Å². The first-order valence-electron chi connectivity index (χ1n) is 12.6. The summed E-state index contributed by atoms with van der Waals surface area (Å²) in [5, 5.41) is 13.7. The van der Waals surface area contributed by atoms with E-state index in [1.807, 2.05) is 20.8 Å². The van der Waals surface area contributed by atoms with Gasteiger partial charge in [-0.2, -0.15) is 0 Å². The molecular formula is C28H29F2N5O3. The average molecular weight is 522 g/mol. The molecule has 0 saturated carbocycles. The Morgan fingerprint density at radius 3 is 2.58 bits per heavy atom. The van der Waals surface area contributed by atoms with E-state index in [9.17, 15) is 19.1 Å². The number of piperidine rings is 1. The summed E-state index contributed by atoms with van der Waals surface area (Å²) >= 11 is 0. The Morgan fingerprint density at radius 1 is 1.13 bits per heavy atom. The van der Waals surface area contributed by atoms with Gasteiger partial charge in [-0.1, -0.05) is 19.9 Å². The molecule has 2 atom stereocenters. The van der Waals surface area contributed by atoms with Crippen LogP contribution in [0.15, 0.2) is 46.1 Å². The predicted octanol–water partition coefficient (Wildman–Crippen LogP) is 4.34. The predicted molar refractivity (Wildman–Crippen MR) is 141 cm³/mol. The number of hydrogen-bond acceptors (Lipinski definition) is 6. The van der Waals surface area contributed by atoms with Crippen molar-refractivity contribution in [1.82, 2.24) is 24.4 Å². The van der Waals surface area contributed by atoms with Gasteiger partial charge in [-0.05, 0) is 62.9 Å². The van der Waals surface area contributed by atoms with Gasteiger partial charge in [0.25, 0.3) is 0 Å². The molecule has 198 valence electrons. The van der Waals surface area contributed by atoms with E-state index in [1.54, 1.807) is 19.2 Å². The number of aromatic hydroxyl groups is 1. The number of hydrogen-bond donors (Lipinski definition) is 2. The van der Waals surface area contributed by atoms with Crippen LogP contribution in [0.1, 0.15) is 56.8 Å². The van der Waals surface area contributed by atoms with Crippen LogP contribution < -0.4 is 16.4 Å². The van der Waals surface area contributed by atoms with Gasteiger partial charge in [-0.3, -0.25) is 23.7 Å². The highest BCUT2D eigenvalue weighted by Gasteiger charge is 2.29. The smallest absolute Gasteiger partial charge is 0.322 e. The molecule has 0 bridgehead atoms. The number of phenols is 1. The van der Waals surface area contributed by atoms with Crippen molar-refractivity contribution in [2.75, 3.05) is 6.54 Å². The summed E-state index contributed by atoms with van der Waals surface area (Å²) in [5.74, 6) is -2.41. The molecular weight excluding hydrogens is 492 g/mol. The largest absolute Gasteiger partial charge is 0.507 e. The Labute approximate surface area is 217 Å². The number of nitrogens with zero attached hydrogens (tertiary/aromatic N) is 4. The second kappa shape index (κ2) is 9.75. The van der Waals surface area contributed by atoms with E-state index in [1.165, 1.54) is 16.7 Å². The summed E-state index contributed by atoms with van der Waals surface area (Å²) in [7, 11) is 0. The molecule has 0 spiro atoms. The molecule has 1 aromatic carbocycles. The minimum atomic E-state index is -0.926. The van der Waals surface area contributed by atoms with E-state index < -0.39 is 39.8 Å². The zero-order chi connectivity index (χ0) is 27.3. The van der Waals surface area contributed by atoms with Crippen molar-refractivity contribution in [3.05, 3.63) is 80.1 Å². The Kier molecular flexibility index (Phi) is 6.60. The monoisotopic (exact) mass is 521 g/mol. The molecule has 1 aliphatic rings. The Hall–Kier alpha value is -3.92. The number of fused-ring (bicyclic) bond motifs is 1. The van der Waals surface area contributed by atoms with E-state index in [-0.39, 0.29) is 29.2 Å². The number of nitrogens with one attached hydrogen (secondary N) is 1. The van der Waals surface area contributed by atoms with Gasteiger partial charge in [0.15, 0.2) is 11.5 Å². The molecule has 4 heterocycles. The fraction of sp³-hybridized carbons (Fsp3) is 0.357. The maximum absolute atomic E-state index is 15.7. The molecule has 4 aromatic rings. The fourth-order valence-electron chi connectivity index (χ4n) is 5.33. The summed E-state index contributed by atoms with van der Waals surface area (Å²) in [6.07, 6.45) is 2.73. The van der Waals surface area contributed by atoms with Crippen LogP contribution in [0.5, 0.6) is 5.75 Å². The molecule has 8 nitrogen and oxygen atoms in total. The number of phenolic OH excluding ortho intramolecular Hbond substituents is 1. The number of halogens is 2. The van der Waals surface area contributed by atoms with Crippen molar-refractivity contribution in [1.29, 1.82) is 0 Å². The molecule has 38 heavy (non-hydrogen) atoms. The van der Waals surface area contributed by atoms with Gasteiger partial charge in [-0.15, -0.1) is 0 Å². The van der Waals surface area contributed by atoms with Gasteiger partial charge in [0.2, 0.25) is 0 Å². The summed E-state index contributed by atoms with van der Waals surface area (Å²) in [5.41, 5.74) is -0.834. The first-order chi connectivity index (χ1) is 18.1. The Bertz CT molecular complexity index is 1660. The molecule has 1 unspecified atom stereocenters. The molecule has 0 amide bonds. The minimum Gasteiger partial charge on any atom is -0.507 e. The van der Waals surface area contributed by atoms with Crippen LogP contribution in [0.3, 0.4) is 0 Å². The summed E-state index contributed by atoms with van der Waals surface area (Å²) in [6.45, 7) is 8.21. The quantitative estimate of drug-likeness (QED) is 0.388. The second-order valence-corrected chi connectivity index (χ2v) is 10.2. The Morgan fingerprint density at radius 2 is 1.89 bits per heavy atom. The fourth-order valence-corrected chi connectivity index (χ4v) is 5.33. The van der Waals surface area contributed by atoms with Gasteiger partial charge < -0.3 is 10.4 Å². The van der Waals surface area contributed by atoms with Crippen LogP contribution in [0.4, 0.5) is 8.78 Å². The van der Waals surface area contributed by atoms with Crippen molar-refractivity contribution in [2.45, 2.75) is 58.5 Å². The van der Waals surface area contributed by atoms with Crippen LogP contribution >= 0.6 is 0 Å². The normalized spacial score (nSPS) is 17.9. The molecule has 0 aliphatic carbocycles. The summed E-state index contributed by atoms with van der Waals surface area (Å²) in [4.78, 5) is 36.4. The van der Waals surface area contributed by atoms with E-state index in [0.717, 1.165) is 16.7 Å². The molecule has 2 N–H and O–H groups in total. The third-order valence-corrected chi connectivity index (χ3v) is 7.13. The van der Waals surface area contributed by atoms with E-state index in [0.29, 0.717) is 36.3 Å². The van der Waals surface area contributed by atoms with Crippen molar-refractivity contribution >= 4 is 11.2 Å². The van der Waals surface area contributed by atoms with Crippen LogP contribution in [0, 0.1) is 18.6 Å². The van der Waals surface area contributed by atoms with Crippen LogP contribution in [-0.2, 0) is 0 Å². The number of aryl methyl sites for hydroxylation is 1. The number of rotatable bonds is 4. The second-order valence-electron chi connectivity index (χ2n) is 10.2. The minimum absolute atomic E-state index is 0.0159. The van der Waals surface area contributed by atoms with Crippen molar-refractivity contribution in [2.24, 2.45) is 0 Å². The van der Waals surface area contributed by atoms with E-state index >= 15 is 4.39 Å². The van der Waals surface area contributed by atoms with Gasteiger partial charge in [0.1, 0.15) is 17.3 Å². The lowest BCUT2D eigenvalue weighted by Gasteiger charge is -2.30. The number of aromatic nitrogens is 4. The van der Waals surface area contributed by atoms with Gasteiger partial charge in [-0.25, -0.2) is 13.8 Å². The zero-order valence-corrected chi connectivity index (χ0v) is 21.6. The third-order valence-electron chi connectivity index (χ3n) is 7.13. The molecule has 1 fully saturated rings. The standard InChI is InChI=1S/C28H29F2N5O3/c1-14(2)23-25(15(3)8-10-32-23)35-26-20(34(27(37)28(35)38)17-9-11-31-16(4)12-17)13-19(30)24(33-26)22-18(29)6-5-7-21(22)36/h5-8,10,13-14,16-17,31,36H,9,11-12H2,1-4H3/t16-,17?/m1/s1. The van der Waals surface area contributed by atoms with Crippen LogP contribution in [-0.4, -0.2) is 36.8 Å². The molecule has 5 rings (SSSR count). The molecule has 1 saturated heterocycles. The van der Waals surface area contributed by atoms with Crippen molar-refractivity contribution < 1.29 is 13.9 Å². The SMILES string of the molecule is Cc1ccnc(C(C)C)c1-n1c(=O)c(=O)n(C2CCN[C@H](C)C2)c2cc(F)c(-c3c(O)cccc3F)nc21. The number of pyridine rings is 2. The lowest BCUT2D eigenvalue weighted by Crippen LogP contribution is -2.46. The third kappa shape index (κ3) is 4.18. The maximum atomic E-state index is 15.7. The van der Waals surface area contributed by atoms with Crippen molar-refractivity contribution in [3.63, 3.8) is 0 Å². The maximum Gasteiger partial charge on any atom is 0.322 e. The number of benzene rings is 1. The summed E-state index contributed by atoms with van der Waals surface area (Å²) in [6, 6.07) is 6.16. The van der Waals surface area contributed by atoms with Crippen LogP contribution in [0.25, 0.3) is 28.1 Å². The molecule has 3 aromatic heterocycles. The summed E-state index contributed by atoms with van der Waals surface area (Å²) < 4.78 is 33.0. The topological polar surface area (TPSA) is 102 Å². The molecule has 1 aliphatic heterocycles. The first kappa shape index (κ1) is 25.7. The highest BCUT2D eigenvalue weighted by molar-refractivity contribution is 5.80. The lowest BCUT2D eigenvalue weighted by molar-refractivity contribution is 0.312. The molecule has 0 radical (unpaired) electrons. The van der Waals surface area contributed by atoms with Crippen LogP contribution in [0.2, 0.25) is 0 Å². The van der Waals surface area contributed by atoms with E-state index in [4.69, 9.17) is 0 Å². The van der Waals surface area contributed by atoms with Gasteiger partial charge in [0, 0.05) is 24.3 Å². The lowest BCUT2D eigenvalue weighted by atomic mass is 9.99. The zero-order valence-electron chi connectivity index (χ0n) is 21.6.